The Balaban J connectivity index is 1.63. The summed E-state index contributed by atoms with van der Waals surface area (Å²) in [4.78, 5) is 11.1. The summed E-state index contributed by atoms with van der Waals surface area (Å²) in [6.45, 7) is 3.45. The number of fused-ring (bicyclic) bond motifs is 1. The fraction of sp³-hybridized carbons (Fsp3) is 0.227. The first-order valence-electron chi connectivity index (χ1n) is 8.76. The van der Waals surface area contributed by atoms with Gasteiger partial charge in [-0.3, -0.25) is 0 Å². The van der Waals surface area contributed by atoms with Gasteiger partial charge >= 0.3 is 5.97 Å². The molecule has 0 aliphatic heterocycles. The van der Waals surface area contributed by atoms with Crippen molar-refractivity contribution in [2.45, 2.75) is 26.1 Å². The van der Waals surface area contributed by atoms with E-state index < -0.39 is 11.6 Å². The van der Waals surface area contributed by atoms with E-state index >= 15 is 0 Å². The molecule has 0 atom stereocenters. The maximum absolute atomic E-state index is 11.1. The van der Waals surface area contributed by atoms with E-state index in [1.54, 1.807) is 24.3 Å². The number of aliphatic carboxylic acids is 1. The molecule has 0 spiro atoms. The molecule has 1 N–H and O–H groups in total. The van der Waals surface area contributed by atoms with Crippen LogP contribution >= 0.6 is 12.0 Å². The Morgan fingerprint density at radius 2 is 1.54 bits per heavy atom. The van der Waals surface area contributed by atoms with Gasteiger partial charge in [-0.2, -0.15) is 0 Å². The van der Waals surface area contributed by atoms with Gasteiger partial charge in [0.1, 0.15) is 23.9 Å². The number of hydrogen-bond acceptors (Lipinski definition) is 5. The number of benzene rings is 3. The molecule has 0 fully saturated rings. The van der Waals surface area contributed by atoms with E-state index in [1.807, 2.05) is 36.6 Å². The van der Waals surface area contributed by atoms with Crippen molar-refractivity contribution in [3.63, 3.8) is 0 Å². The van der Waals surface area contributed by atoms with Gasteiger partial charge < -0.3 is 18.8 Å². The fourth-order valence-electron chi connectivity index (χ4n) is 2.62. The lowest BCUT2D eigenvalue weighted by Crippen LogP contribution is -2.37. The number of carboxylic acids is 1. The first kappa shape index (κ1) is 19.9. The zero-order valence-corrected chi connectivity index (χ0v) is 16.8. The molecule has 3 aromatic carbocycles. The predicted molar refractivity (Wildman–Crippen MR) is 111 cm³/mol. The van der Waals surface area contributed by atoms with Crippen molar-refractivity contribution in [1.29, 1.82) is 0 Å². The summed E-state index contributed by atoms with van der Waals surface area (Å²) < 4.78 is 16.8. The standard InChI is InChI=1S/C22H22O5S/c1-22(2,21(23)24)26-19-10-8-18(9-11-19)25-14-15-4-5-17-13-20(27-28-3)7-6-16(17)12-15/h4-13H,14H2,1-3H3,(H,23,24). The van der Waals surface area contributed by atoms with Crippen LogP contribution in [0.5, 0.6) is 17.2 Å². The van der Waals surface area contributed by atoms with E-state index in [2.05, 4.69) is 6.07 Å². The van der Waals surface area contributed by atoms with Crippen LogP contribution in [0.25, 0.3) is 10.8 Å². The van der Waals surface area contributed by atoms with Crippen LogP contribution in [0.4, 0.5) is 0 Å². The Morgan fingerprint density at radius 3 is 2.21 bits per heavy atom. The molecule has 5 nitrogen and oxygen atoms in total. The van der Waals surface area contributed by atoms with Crippen molar-refractivity contribution in [1.82, 2.24) is 0 Å². The highest BCUT2D eigenvalue weighted by Crippen LogP contribution is 2.25. The van der Waals surface area contributed by atoms with Crippen LogP contribution in [-0.2, 0) is 11.4 Å². The fourth-order valence-corrected chi connectivity index (χ4v) is 2.92. The van der Waals surface area contributed by atoms with Crippen LogP contribution in [0.15, 0.2) is 60.7 Å². The molecule has 3 rings (SSSR count). The van der Waals surface area contributed by atoms with Crippen molar-refractivity contribution in [2.75, 3.05) is 6.26 Å². The van der Waals surface area contributed by atoms with Crippen LogP contribution in [-0.4, -0.2) is 22.9 Å². The van der Waals surface area contributed by atoms with Crippen molar-refractivity contribution in [3.8, 4) is 17.2 Å². The summed E-state index contributed by atoms with van der Waals surface area (Å²) >= 11 is 1.32. The molecular weight excluding hydrogens is 376 g/mol. The van der Waals surface area contributed by atoms with Gasteiger partial charge in [-0.15, -0.1) is 0 Å². The summed E-state index contributed by atoms with van der Waals surface area (Å²) in [7, 11) is 0. The van der Waals surface area contributed by atoms with Gasteiger partial charge in [-0.1, -0.05) is 18.2 Å². The SMILES string of the molecule is CSOc1ccc2cc(COc3ccc(OC(C)(C)C(=O)O)cc3)ccc2c1. The Morgan fingerprint density at radius 1 is 0.929 bits per heavy atom. The Labute approximate surface area is 168 Å². The van der Waals surface area contributed by atoms with Gasteiger partial charge in [-0.25, -0.2) is 4.79 Å². The third kappa shape index (κ3) is 4.89. The molecule has 0 radical (unpaired) electrons. The van der Waals surface area contributed by atoms with E-state index in [-0.39, 0.29) is 0 Å². The second-order valence-corrected chi connectivity index (χ2v) is 7.27. The Hall–Kier alpha value is -2.86. The molecule has 0 aliphatic rings. The topological polar surface area (TPSA) is 65.0 Å². The van der Waals surface area contributed by atoms with Crippen molar-refractivity contribution in [2.24, 2.45) is 0 Å². The minimum atomic E-state index is -1.28. The molecule has 0 saturated carbocycles. The third-order valence-corrected chi connectivity index (χ3v) is 4.53. The molecule has 0 amide bonds. The second-order valence-electron chi connectivity index (χ2n) is 6.77. The van der Waals surface area contributed by atoms with Crippen LogP contribution in [0.3, 0.4) is 0 Å². The van der Waals surface area contributed by atoms with E-state index in [4.69, 9.17) is 18.8 Å². The summed E-state index contributed by atoms with van der Waals surface area (Å²) in [5, 5.41) is 11.4. The van der Waals surface area contributed by atoms with Gasteiger partial charge in [0.05, 0.1) is 12.0 Å². The van der Waals surface area contributed by atoms with Crippen molar-refractivity contribution in [3.05, 3.63) is 66.2 Å². The minimum absolute atomic E-state index is 0.430. The number of ether oxygens (including phenoxy) is 2. The third-order valence-electron chi connectivity index (χ3n) is 4.17. The molecule has 0 unspecified atom stereocenters. The molecule has 146 valence electrons. The van der Waals surface area contributed by atoms with Gasteiger partial charge in [0.15, 0.2) is 5.60 Å². The molecule has 0 bridgehead atoms. The normalized spacial score (nSPS) is 11.2. The van der Waals surface area contributed by atoms with Crippen LogP contribution in [0, 0.1) is 0 Å². The van der Waals surface area contributed by atoms with Gasteiger partial charge in [0.2, 0.25) is 0 Å². The van der Waals surface area contributed by atoms with Crippen LogP contribution in [0.1, 0.15) is 19.4 Å². The van der Waals surface area contributed by atoms with E-state index in [0.717, 1.165) is 22.1 Å². The first-order chi connectivity index (χ1) is 13.4. The van der Waals surface area contributed by atoms with Crippen molar-refractivity contribution >= 4 is 28.8 Å². The smallest absolute Gasteiger partial charge is 0.347 e. The summed E-state index contributed by atoms with van der Waals surface area (Å²) in [6, 6.07) is 19.1. The molecule has 28 heavy (non-hydrogen) atoms. The lowest BCUT2D eigenvalue weighted by atomic mass is 10.1. The van der Waals surface area contributed by atoms with Crippen LogP contribution in [0.2, 0.25) is 0 Å². The number of rotatable bonds is 8. The Bertz CT molecular complexity index is 966. The number of carboxylic acid groups (broad SMARTS) is 1. The van der Waals surface area contributed by atoms with Gasteiger partial charge in [-0.05, 0) is 72.6 Å². The molecule has 0 saturated heterocycles. The highest BCUT2D eigenvalue weighted by Gasteiger charge is 2.29. The Kier molecular flexibility index (Phi) is 5.99. The van der Waals surface area contributed by atoms with Gasteiger partial charge in [0.25, 0.3) is 0 Å². The molecule has 6 heteroatoms. The van der Waals surface area contributed by atoms with E-state index in [1.165, 1.54) is 25.9 Å². The van der Waals surface area contributed by atoms with Gasteiger partial charge in [0, 0.05) is 6.26 Å². The van der Waals surface area contributed by atoms with E-state index in [9.17, 15) is 4.79 Å². The summed E-state index contributed by atoms with van der Waals surface area (Å²) in [6.07, 6.45) is 1.89. The average molecular weight is 398 g/mol. The highest BCUT2D eigenvalue weighted by atomic mass is 32.2. The number of hydrogen-bond donors (Lipinski definition) is 1. The lowest BCUT2D eigenvalue weighted by molar-refractivity contribution is -0.152. The quantitative estimate of drug-likeness (QED) is 0.518. The molecule has 0 aromatic heterocycles. The largest absolute Gasteiger partial charge is 0.489 e. The lowest BCUT2D eigenvalue weighted by Gasteiger charge is -2.21. The minimum Gasteiger partial charge on any atom is -0.489 e. The molecule has 0 aliphatic carbocycles. The second kappa shape index (κ2) is 8.44. The predicted octanol–water partition coefficient (Wildman–Crippen LogP) is 5.32. The van der Waals surface area contributed by atoms with Crippen LogP contribution < -0.4 is 13.7 Å². The maximum atomic E-state index is 11.1. The highest BCUT2D eigenvalue weighted by molar-refractivity contribution is 7.94. The summed E-state index contributed by atoms with van der Waals surface area (Å²) in [5.41, 5.74) is -0.229. The van der Waals surface area contributed by atoms with Crippen molar-refractivity contribution < 1.29 is 23.6 Å². The zero-order valence-electron chi connectivity index (χ0n) is 16.0. The summed E-state index contributed by atoms with van der Waals surface area (Å²) in [5.74, 6) is 0.978. The molecule has 0 heterocycles. The number of carbonyl (C=O) groups is 1. The molecular formula is C22H22O5S. The monoisotopic (exact) mass is 398 g/mol. The maximum Gasteiger partial charge on any atom is 0.347 e. The average Bonchev–Trinajstić information content (AvgIpc) is 2.67. The first-order valence-corrected chi connectivity index (χ1v) is 9.91. The molecule has 3 aromatic rings. The van der Waals surface area contributed by atoms with E-state index in [0.29, 0.717) is 18.1 Å². The zero-order chi connectivity index (χ0) is 20.1.